The highest BCUT2D eigenvalue weighted by molar-refractivity contribution is 6.28. The fraction of sp³-hybridized carbons (Fsp3) is 0.471. The lowest BCUT2D eigenvalue weighted by atomic mass is 9.86. The lowest BCUT2D eigenvalue weighted by Gasteiger charge is -2.19. The monoisotopic (exact) mass is 303 g/mol. The summed E-state index contributed by atoms with van der Waals surface area (Å²) in [5, 5.41) is 0.241. The minimum Gasteiger partial charge on any atom is -0.212 e. The van der Waals surface area contributed by atoms with Crippen LogP contribution in [0, 0.1) is 0 Å². The molecule has 2 aromatic rings. The van der Waals surface area contributed by atoms with Crippen LogP contribution in [0.3, 0.4) is 0 Å². The van der Waals surface area contributed by atoms with E-state index >= 15 is 0 Å². The molecular formula is C17H22ClN3. The van der Waals surface area contributed by atoms with Crippen LogP contribution in [-0.4, -0.2) is 15.0 Å². The van der Waals surface area contributed by atoms with Crippen molar-refractivity contribution in [1.29, 1.82) is 0 Å². The average molecular weight is 304 g/mol. The molecule has 0 N–H and O–H groups in total. The van der Waals surface area contributed by atoms with Crippen molar-refractivity contribution in [2.75, 3.05) is 0 Å². The molecule has 0 radical (unpaired) electrons. The van der Waals surface area contributed by atoms with Crippen molar-refractivity contribution >= 4 is 11.6 Å². The van der Waals surface area contributed by atoms with Gasteiger partial charge in [0.2, 0.25) is 5.28 Å². The van der Waals surface area contributed by atoms with Crippen LogP contribution in [0.4, 0.5) is 0 Å². The van der Waals surface area contributed by atoms with Gasteiger partial charge in [-0.25, -0.2) is 9.97 Å². The molecule has 1 heterocycles. The third-order valence-corrected chi connectivity index (χ3v) is 3.46. The first-order valence-electron chi connectivity index (χ1n) is 7.10. The molecule has 0 spiro atoms. The van der Waals surface area contributed by atoms with E-state index in [2.05, 4.69) is 68.6 Å². The predicted octanol–water partition coefficient (Wildman–Crippen LogP) is 4.79. The molecule has 0 saturated heterocycles. The van der Waals surface area contributed by atoms with E-state index in [1.165, 1.54) is 5.56 Å². The van der Waals surface area contributed by atoms with E-state index in [4.69, 9.17) is 11.6 Å². The summed E-state index contributed by atoms with van der Waals surface area (Å²) in [5.41, 5.74) is 2.21. The number of aromatic nitrogens is 3. The highest BCUT2D eigenvalue weighted by atomic mass is 35.5. The van der Waals surface area contributed by atoms with E-state index in [1.54, 1.807) is 0 Å². The molecule has 0 saturated carbocycles. The second-order valence-electron chi connectivity index (χ2n) is 7.33. The summed E-state index contributed by atoms with van der Waals surface area (Å²) >= 11 is 6.05. The van der Waals surface area contributed by atoms with Gasteiger partial charge in [0.25, 0.3) is 0 Å². The van der Waals surface area contributed by atoms with Crippen molar-refractivity contribution in [2.24, 2.45) is 0 Å². The largest absolute Gasteiger partial charge is 0.226 e. The molecule has 21 heavy (non-hydrogen) atoms. The third kappa shape index (κ3) is 3.79. The Labute approximate surface area is 131 Å². The SMILES string of the molecule is CC(C)(C)c1ccc(-c2nc(Cl)nc(C(C)(C)C)n2)cc1. The Morgan fingerprint density at radius 1 is 0.762 bits per heavy atom. The second kappa shape index (κ2) is 5.38. The minimum absolute atomic E-state index is 0.131. The number of benzene rings is 1. The Bertz CT molecular complexity index is 635. The number of rotatable bonds is 1. The summed E-state index contributed by atoms with van der Waals surface area (Å²) in [4.78, 5) is 13.0. The van der Waals surface area contributed by atoms with Gasteiger partial charge in [0, 0.05) is 11.0 Å². The molecular weight excluding hydrogens is 282 g/mol. The van der Waals surface area contributed by atoms with E-state index < -0.39 is 0 Å². The van der Waals surface area contributed by atoms with Crippen LogP contribution in [0.25, 0.3) is 11.4 Å². The number of nitrogens with zero attached hydrogens (tertiary/aromatic N) is 3. The fourth-order valence-corrected chi connectivity index (χ4v) is 2.09. The zero-order valence-corrected chi connectivity index (χ0v) is 14.3. The van der Waals surface area contributed by atoms with Gasteiger partial charge >= 0.3 is 0 Å². The van der Waals surface area contributed by atoms with Gasteiger partial charge in [-0.15, -0.1) is 0 Å². The highest BCUT2D eigenvalue weighted by Gasteiger charge is 2.20. The molecule has 0 aliphatic carbocycles. The first-order chi connectivity index (χ1) is 9.57. The number of halogens is 1. The fourth-order valence-electron chi connectivity index (χ4n) is 1.93. The second-order valence-corrected chi connectivity index (χ2v) is 7.67. The zero-order valence-electron chi connectivity index (χ0n) is 13.5. The summed E-state index contributed by atoms with van der Waals surface area (Å²) < 4.78 is 0. The van der Waals surface area contributed by atoms with Crippen molar-refractivity contribution in [2.45, 2.75) is 52.4 Å². The summed E-state index contributed by atoms with van der Waals surface area (Å²) in [7, 11) is 0. The summed E-state index contributed by atoms with van der Waals surface area (Å²) in [5.74, 6) is 1.33. The molecule has 3 nitrogen and oxygen atoms in total. The smallest absolute Gasteiger partial charge is 0.212 e. The normalized spacial score (nSPS) is 12.5. The maximum atomic E-state index is 6.05. The molecule has 1 aromatic heterocycles. The Kier molecular flexibility index (Phi) is 4.07. The number of hydrogen-bond donors (Lipinski definition) is 0. The van der Waals surface area contributed by atoms with Gasteiger partial charge in [0.15, 0.2) is 5.82 Å². The van der Waals surface area contributed by atoms with Crippen LogP contribution >= 0.6 is 11.6 Å². The van der Waals surface area contributed by atoms with Gasteiger partial charge in [-0.1, -0.05) is 65.8 Å². The number of hydrogen-bond acceptors (Lipinski definition) is 3. The average Bonchev–Trinajstić information content (AvgIpc) is 2.36. The van der Waals surface area contributed by atoms with Crippen molar-refractivity contribution in [3.63, 3.8) is 0 Å². The van der Waals surface area contributed by atoms with Gasteiger partial charge in [-0.05, 0) is 22.6 Å². The Hall–Kier alpha value is -1.48. The van der Waals surface area contributed by atoms with Gasteiger partial charge in [0.05, 0.1) is 0 Å². The molecule has 0 bridgehead atoms. The maximum Gasteiger partial charge on any atom is 0.226 e. The van der Waals surface area contributed by atoms with Gasteiger partial charge in [0.1, 0.15) is 5.82 Å². The lowest BCUT2D eigenvalue weighted by Crippen LogP contribution is -2.17. The molecule has 112 valence electrons. The van der Waals surface area contributed by atoms with Gasteiger partial charge in [-0.2, -0.15) is 4.98 Å². The van der Waals surface area contributed by atoms with Crippen LogP contribution in [0.5, 0.6) is 0 Å². The van der Waals surface area contributed by atoms with Gasteiger partial charge in [-0.3, -0.25) is 0 Å². The zero-order chi connectivity index (χ0) is 15.8. The molecule has 0 atom stereocenters. The highest BCUT2D eigenvalue weighted by Crippen LogP contribution is 2.26. The Balaban J connectivity index is 2.45. The first kappa shape index (κ1) is 15.9. The van der Waals surface area contributed by atoms with Crippen molar-refractivity contribution in [3.05, 3.63) is 40.9 Å². The third-order valence-electron chi connectivity index (χ3n) is 3.29. The standard InChI is InChI=1S/C17H22ClN3/c1-16(2,3)12-9-7-11(8-10-12)13-19-14(17(4,5)6)21-15(18)20-13/h7-10H,1-6H3. The van der Waals surface area contributed by atoms with Crippen LogP contribution < -0.4 is 0 Å². The Morgan fingerprint density at radius 2 is 1.33 bits per heavy atom. The maximum absolute atomic E-state index is 6.05. The summed E-state index contributed by atoms with van der Waals surface area (Å²) in [6, 6.07) is 8.31. The van der Waals surface area contributed by atoms with Crippen molar-refractivity contribution in [3.8, 4) is 11.4 Å². The van der Waals surface area contributed by atoms with Crippen LogP contribution in [0.15, 0.2) is 24.3 Å². The van der Waals surface area contributed by atoms with Crippen molar-refractivity contribution < 1.29 is 0 Å². The quantitative estimate of drug-likeness (QED) is 0.760. The molecule has 0 amide bonds. The van der Waals surface area contributed by atoms with E-state index in [9.17, 15) is 0 Å². The molecule has 1 aromatic carbocycles. The van der Waals surface area contributed by atoms with Crippen molar-refractivity contribution in [1.82, 2.24) is 15.0 Å². The molecule has 0 aliphatic rings. The molecule has 2 rings (SSSR count). The Morgan fingerprint density at radius 3 is 1.81 bits per heavy atom. The predicted molar refractivity (Wildman–Crippen MR) is 87.7 cm³/mol. The van der Waals surface area contributed by atoms with E-state index in [0.29, 0.717) is 11.6 Å². The summed E-state index contributed by atoms with van der Waals surface area (Å²) in [6.07, 6.45) is 0. The molecule has 4 heteroatoms. The molecule has 0 fully saturated rings. The first-order valence-corrected chi connectivity index (χ1v) is 7.48. The van der Waals surface area contributed by atoms with Crippen LogP contribution in [-0.2, 0) is 10.8 Å². The van der Waals surface area contributed by atoms with E-state index in [1.807, 2.05) is 12.1 Å². The van der Waals surface area contributed by atoms with Gasteiger partial charge < -0.3 is 0 Å². The lowest BCUT2D eigenvalue weighted by molar-refractivity contribution is 0.542. The van der Waals surface area contributed by atoms with Crippen LogP contribution in [0.2, 0.25) is 5.28 Å². The van der Waals surface area contributed by atoms with Crippen LogP contribution in [0.1, 0.15) is 52.9 Å². The summed E-state index contributed by atoms with van der Waals surface area (Å²) in [6.45, 7) is 12.8. The van der Waals surface area contributed by atoms with E-state index in [-0.39, 0.29) is 16.1 Å². The minimum atomic E-state index is -0.160. The topological polar surface area (TPSA) is 38.7 Å². The molecule has 0 aliphatic heterocycles. The van der Waals surface area contributed by atoms with E-state index in [0.717, 1.165) is 5.56 Å². The molecule has 0 unspecified atom stereocenters.